The average molecular weight is 215 g/mol. The van der Waals surface area contributed by atoms with Crippen LogP contribution in [0, 0.1) is 0 Å². The Balaban J connectivity index is 2.56. The molecule has 4 nitrogen and oxygen atoms in total. The zero-order valence-electron chi connectivity index (χ0n) is 7.70. The van der Waals surface area contributed by atoms with E-state index in [0.717, 1.165) is 5.69 Å². The molecule has 2 N–H and O–H groups in total. The highest BCUT2D eigenvalue weighted by atomic mass is 35.5. The van der Waals surface area contributed by atoms with Gasteiger partial charge in [-0.3, -0.25) is 4.98 Å². The normalized spacial score (nSPS) is 12.1. The molecular weight excluding hydrogens is 204 g/mol. The van der Waals surface area contributed by atoms with Gasteiger partial charge in [0.15, 0.2) is 0 Å². The molecule has 0 aliphatic carbocycles. The standard InChI is InChI=1S/C9H11ClN2O2/c1-6(4-12-9(13)14)8-3-2-7(10)5-11-8/h2-3,5-6,12H,4H2,1H3,(H,13,14). The van der Waals surface area contributed by atoms with Gasteiger partial charge >= 0.3 is 6.09 Å². The van der Waals surface area contributed by atoms with Crippen LogP contribution in [-0.2, 0) is 0 Å². The molecule has 1 aromatic heterocycles. The van der Waals surface area contributed by atoms with Crippen molar-refractivity contribution in [1.82, 2.24) is 10.3 Å². The minimum atomic E-state index is -1.02. The van der Waals surface area contributed by atoms with Crippen LogP contribution in [-0.4, -0.2) is 22.7 Å². The number of carboxylic acid groups (broad SMARTS) is 1. The van der Waals surface area contributed by atoms with Crippen molar-refractivity contribution in [3.8, 4) is 0 Å². The maximum atomic E-state index is 10.2. The van der Waals surface area contributed by atoms with Gasteiger partial charge in [0.25, 0.3) is 0 Å². The predicted octanol–water partition coefficient (Wildman–Crippen LogP) is 2.11. The minimum absolute atomic E-state index is 0.0448. The highest BCUT2D eigenvalue weighted by Crippen LogP contribution is 2.13. The number of halogens is 1. The summed E-state index contributed by atoms with van der Waals surface area (Å²) in [6, 6.07) is 3.53. The van der Waals surface area contributed by atoms with E-state index >= 15 is 0 Å². The zero-order chi connectivity index (χ0) is 10.6. The number of nitrogens with one attached hydrogen (secondary N) is 1. The molecule has 1 heterocycles. The molecule has 14 heavy (non-hydrogen) atoms. The first-order chi connectivity index (χ1) is 6.59. The van der Waals surface area contributed by atoms with Gasteiger partial charge in [0.1, 0.15) is 0 Å². The number of hydrogen-bond acceptors (Lipinski definition) is 2. The Kier molecular flexibility index (Phi) is 3.71. The summed E-state index contributed by atoms with van der Waals surface area (Å²) in [6.45, 7) is 2.25. The molecule has 0 bridgehead atoms. The summed E-state index contributed by atoms with van der Waals surface area (Å²) in [5.74, 6) is 0.0448. The number of pyridine rings is 1. The zero-order valence-corrected chi connectivity index (χ0v) is 8.45. The van der Waals surface area contributed by atoms with Crippen molar-refractivity contribution < 1.29 is 9.90 Å². The number of aromatic nitrogens is 1. The summed E-state index contributed by atoms with van der Waals surface area (Å²) in [4.78, 5) is 14.3. The fraction of sp³-hybridized carbons (Fsp3) is 0.333. The maximum absolute atomic E-state index is 10.2. The van der Waals surface area contributed by atoms with E-state index in [1.54, 1.807) is 18.3 Å². The Bertz CT molecular complexity index is 313. The van der Waals surface area contributed by atoms with Gasteiger partial charge in [0.2, 0.25) is 0 Å². The molecule has 1 aromatic rings. The molecule has 0 fully saturated rings. The van der Waals surface area contributed by atoms with Gasteiger partial charge in [0, 0.05) is 24.4 Å². The van der Waals surface area contributed by atoms with Crippen molar-refractivity contribution in [2.75, 3.05) is 6.54 Å². The van der Waals surface area contributed by atoms with Crippen LogP contribution in [0.3, 0.4) is 0 Å². The molecule has 5 heteroatoms. The molecule has 1 amide bonds. The van der Waals surface area contributed by atoms with Gasteiger partial charge in [-0.2, -0.15) is 0 Å². The largest absolute Gasteiger partial charge is 0.465 e. The van der Waals surface area contributed by atoms with Crippen LogP contribution >= 0.6 is 11.6 Å². The summed E-state index contributed by atoms with van der Waals surface area (Å²) in [6.07, 6.45) is 0.527. The first kappa shape index (κ1) is 10.8. The van der Waals surface area contributed by atoms with E-state index in [2.05, 4.69) is 10.3 Å². The smallest absolute Gasteiger partial charge is 0.404 e. The molecule has 0 spiro atoms. The fourth-order valence-corrected chi connectivity index (χ4v) is 1.14. The van der Waals surface area contributed by atoms with E-state index in [-0.39, 0.29) is 5.92 Å². The lowest BCUT2D eigenvalue weighted by molar-refractivity contribution is 0.194. The Morgan fingerprint density at radius 1 is 1.71 bits per heavy atom. The first-order valence-corrected chi connectivity index (χ1v) is 4.55. The van der Waals surface area contributed by atoms with Crippen LogP contribution in [0.5, 0.6) is 0 Å². The quantitative estimate of drug-likeness (QED) is 0.810. The second-order valence-electron chi connectivity index (χ2n) is 2.99. The average Bonchev–Trinajstić information content (AvgIpc) is 2.15. The number of rotatable bonds is 3. The summed E-state index contributed by atoms with van der Waals surface area (Å²) in [7, 11) is 0. The van der Waals surface area contributed by atoms with Crippen LogP contribution in [0.25, 0.3) is 0 Å². The highest BCUT2D eigenvalue weighted by Gasteiger charge is 2.07. The molecule has 0 aliphatic heterocycles. The van der Waals surface area contributed by atoms with Crippen LogP contribution < -0.4 is 5.32 Å². The summed E-state index contributed by atoms with van der Waals surface area (Å²) in [5, 5.41) is 11.3. The predicted molar refractivity (Wildman–Crippen MR) is 53.7 cm³/mol. The topological polar surface area (TPSA) is 62.2 Å². The lowest BCUT2D eigenvalue weighted by Crippen LogP contribution is -2.25. The van der Waals surface area contributed by atoms with Gasteiger partial charge < -0.3 is 10.4 Å². The number of carbonyl (C=O) groups is 1. The van der Waals surface area contributed by atoms with Crippen molar-refractivity contribution in [3.63, 3.8) is 0 Å². The van der Waals surface area contributed by atoms with Gasteiger partial charge in [-0.05, 0) is 12.1 Å². The van der Waals surface area contributed by atoms with E-state index in [1.807, 2.05) is 6.92 Å². The Labute approximate surface area is 86.9 Å². The van der Waals surface area contributed by atoms with Crippen molar-refractivity contribution in [3.05, 3.63) is 29.0 Å². The summed E-state index contributed by atoms with van der Waals surface area (Å²) < 4.78 is 0. The number of amides is 1. The van der Waals surface area contributed by atoms with Gasteiger partial charge in [0.05, 0.1) is 5.02 Å². The third kappa shape index (κ3) is 3.22. The molecule has 0 saturated heterocycles. The lowest BCUT2D eigenvalue weighted by Gasteiger charge is -2.09. The van der Waals surface area contributed by atoms with Gasteiger partial charge in [-0.25, -0.2) is 4.79 Å². The molecule has 1 atom stereocenters. The van der Waals surface area contributed by atoms with Gasteiger partial charge in [-0.1, -0.05) is 18.5 Å². The van der Waals surface area contributed by atoms with Crippen LogP contribution in [0.4, 0.5) is 4.79 Å². The summed E-state index contributed by atoms with van der Waals surface area (Å²) in [5.41, 5.74) is 0.822. The van der Waals surface area contributed by atoms with E-state index in [9.17, 15) is 4.79 Å². The number of hydrogen-bond donors (Lipinski definition) is 2. The fourth-order valence-electron chi connectivity index (χ4n) is 1.02. The van der Waals surface area contributed by atoms with Crippen molar-refractivity contribution in [1.29, 1.82) is 0 Å². The van der Waals surface area contributed by atoms with Crippen molar-refractivity contribution in [2.24, 2.45) is 0 Å². The first-order valence-electron chi connectivity index (χ1n) is 4.18. The molecule has 0 radical (unpaired) electrons. The van der Waals surface area contributed by atoms with E-state index in [0.29, 0.717) is 11.6 Å². The van der Waals surface area contributed by atoms with Gasteiger partial charge in [-0.15, -0.1) is 0 Å². The third-order valence-corrected chi connectivity index (χ3v) is 2.04. The highest BCUT2D eigenvalue weighted by molar-refractivity contribution is 6.30. The second kappa shape index (κ2) is 4.81. The lowest BCUT2D eigenvalue weighted by atomic mass is 10.1. The van der Waals surface area contributed by atoms with E-state index in [1.165, 1.54) is 0 Å². The molecule has 0 saturated carbocycles. The second-order valence-corrected chi connectivity index (χ2v) is 3.42. The SMILES string of the molecule is CC(CNC(=O)O)c1ccc(Cl)cn1. The molecule has 76 valence electrons. The Hall–Kier alpha value is -1.29. The number of nitrogens with zero attached hydrogens (tertiary/aromatic N) is 1. The summed E-state index contributed by atoms with van der Waals surface area (Å²) >= 11 is 5.67. The Morgan fingerprint density at radius 3 is 2.93 bits per heavy atom. The van der Waals surface area contributed by atoms with Crippen molar-refractivity contribution in [2.45, 2.75) is 12.8 Å². The van der Waals surface area contributed by atoms with Crippen LogP contribution in [0.1, 0.15) is 18.5 Å². The third-order valence-electron chi connectivity index (χ3n) is 1.81. The van der Waals surface area contributed by atoms with Crippen LogP contribution in [0.2, 0.25) is 5.02 Å². The van der Waals surface area contributed by atoms with Crippen molar-refractivity contribution >= 4 is 17.7 Å². The Morgan fingerprint density at radius 2 is 2.43 bits per heavy atom. The monoisotopic (exact) mass is 214 g/mol. The minimum Gasteiger partial charge on any atom is -0.465 e. The molecule has 0 aromatic carbocycles. The molecule has 1 unspecified atom stereocenters. The van der Waals surface area contributed by atoms with Crippen LogP contribution in [0.15, 0.2) is 18.3 Å². The molecule has 1 rings (SSSR count). The van der Waals surface area contributed by atoms with E-state index in [4.69, 9.17) is 16.7 Å². The molecule has 0 aliphatic rings. The van der Waals surface area contributed by atoms with E-state index < -0.39 is 6.09 Å². The maximum Gasteiger partial charge on any atom is 0.404 e. The molecular formula is C9H11ClN2O2.